The molecule has 7 nitrogen and oxygen atoms in total. The van der Waals surface area contributed by atoms with Crippen molar-refractivity contribution in [3.05, 3.63) is 53.6 Å². The summed E-state index contributed by atoms with van der Waals surface area (Å²) in [6.07, 6.45) is 1.70. The van der Waals surface area contributed by atoms with Crippen LogP contribution in [0.15, 0.2) is 47.4 Å². The summed E-state index contributed by atoms with van der Waals surface area (Å²) in [6, 6.07) is 11.4. The molecule has 1 aliphatic rings. The van der Waals surface area contributed by atoms with Crippen molar-refractivity contribution in [1.29, 1.82) is 0 Å². The molecule has 2 aromatic carbocycles. The highest BCUT2D eigenvalue weighted by Crippen LogP contribution is 2.25. The minimum Gasteiger partial charge on any atom is -0.326 e. The van der Waals surface area contributed by atoms with Gasteiger partial charge in [-0.3, -0.25) is 9.59 Å². The lowest BCUT2D eigenvalue weighted by Gasteiger charge is -2.18. The SMILES string of the molecule is CC(=O)Nc1cccc(NC(=O)c2ccc(C)c(S(=O)(=O)N3CCCC3)c2)c1. The number of nitrogens with one attached hydrogen (secondary N) is 2. The number of anilines is 2. The standard InChI is InChI=1S/C20H23N3O4S/c1-14-8-9-16(12-19(14)28(26,27)23-10-3-4-11-23)20(25)22-18-7-5-6-17(13-18)21-15(2)24/h5-9,12-13H,3-4,10-11H2,1-2H3,(H,21,24)(H,22,25). The van der Waals surface area contributed by atoms with Crippen molar-refractivity contribution >= 4 is 33.2 Å². The number of hydrogen-bond acceptors (Lipinski definition) is 4. The summed E-state index contributed by atoms with van der Waals surface area (Å²) in [4.78, 5) is 24.0. The molecule has 0 bridgehead atoms. The Bertz CT molecular complexity index is 1010. The van der Waals surface area contributed by atoms with Crippen molar-refractivity contribution in [3.8, 4) is 0 Å². The molecule has 1 heterocycles. The number of carbonyl (C=O) groups excluding carboxylic acids is 2. The van der Waals surface area contributed by atoms with Crippen molar-refractivity contribution in [2.45, 2.75) is 31.6 Å². The molecule has 0 aromatic heterocycles. The quantitative estimate of drug-likeness (QED) is 0.805. The van der Waals surface area contributed by atoms with E-state index in [-0.39, 0.29) is 16.4 Å². The van der Waals surface area contributed by atoms with E-state index in [2.05, 4.69) is 10.6 Å². The Morgan fingerprint density at radius 2 is 1.61 bits per heavy atom. The Balaban J connectivity index is 1.84. The third kappa shape index (κ3) is 4.40. The van der Waals surface area contributed by atoms with Crippen molar-refractivity contribution in [1.82, 2.24) is 4.31 Å². The van der Waals surface area contributed by atoms with Crippen LogP contribution in [0.4, 0.5) is 11.4 Å². The molecule has 28 heavy (non-hydrogen) atoms. The monoisotopic (exact) mass is 401 g/mol. The van der Waals surface area contributed by atoms with Gasteiger partial charge in [-0.2, -0.15) is 4.31 Å². The van der Waals surface area contributed by atoms with E-state index in [0.717, 1.165) is 12.8 Å². The van der Waals surface area contributed by atoms with Crippen LogP contribution in [0.5, 0.6) is 0 Å². The lowest BCUT2D eigenvalue weighted by molar-refractivity contribution is -0.114. The summed E-state index contributed by atoms with van der Waals surface area (Å²) in [5.74, 6) is -0.628. The van der Waals surface area contributed by atoms with Gasteiger partial charge >= 0.3 is 0 Å². The molecule has 1 saturated heterocycles. The van der Waals surface area contributed by atoms with Crippen molar-refractivity contribution in [2.75, 3.05) is 23.7 Å². The van der Waals surface area contributed by atoms with Gasteiger partial charge in [0.15, 0.2) is 0 Å². The normalized spacial score (nSPS) is 14.6. The van der Waals surface area contributed by atoms with Gasteiger partial charge in [0.1, 0.15) is 0 Å². The topological polar surface area (TPSA) is 95.6 Å². The van der Waals surface area contributed by atoms with E-state index in [1.54, 1.807) is 43.3 Å². The number of sulfonamides is 1. The third-order valence-corrected chi connectivity index (χ3v) is 6.61. The summed E-state index contributed by atoms with van der Waals surface area (Å²) in [6.45, 7) is 4.14. The maximum Gasteiger partial charge on any atom is 0.255 e. The summed E-state index contributed by atoms with van der Waals surface area (Å²) >= 11 is 0. The predicted octanol–water partition coefficient (Wildman–Crippen LogP) is 2.99. The van der Waals surface area contributed by atoms with Gasteiger partial charge in [-0.1, -0.05) is 12.1 Å². The van der Waals surface area contributed by atoms with E-state index in [4.69, 9.17) is 0 Å². The minimum absolute atomic E-state index is 0.161. The van der Waals surface area contributed by atoms with E-state index in [0.29, 0.717) is 30.0 Å². The fourth-order valence-corrected chi connectivity index (χ4v) is 4.94. The van der Waals surface area contributed by atoms with E-state index in [1.165, 1.54) is 17.3 Å². The molecule has 148 valence electrons. The summed E-state index contributed by atoms with van der Waals surface area (Å²) in [5.41, 5.74) is 1.93. The molecule has 0 saturated carbocycles. The van der Waals surface area contributed by atoms with Crippen LogP contribution in [0.3, 0.4) is 0 Å². The maximum absolute atomic E-state index is 12.9. The first-order chi connectivity index (χ1) is 13.3. The number of aryl methyl sites for hydroxylation is 1. The van der Waals surface area contributed by atoms with Gasteiger partial charge in [0, 0.05) is 37.0 Å². The number of nitrogens with zero attached hydrogens (tertiary/aromatic N) is 1. The fourth-order valence-electron chi connectivity index (χ4n) is 3.17. The average molecular weight is 401 g/mol. The summed E-state index contributed by atoms with van der Waals surface area (Å²) in [7, 11) is -3.61. The van der Waals surface area contributed by atoms with Gasteiger partial charge in [-0.25, -0.2) is 8.42 Å². The molecule has 0 atom stereocenters. The molecule has 0 radical (unpaired) electrons. The van der Waals surface area contributed by atoms with Crippen molar-refractivity contribution in [3.63, 3.8) is 0 Å². The largest absolute Gasteiger partial charge is 0.326 e. The number of amides is 2. The van der Waals surface area contributed by atoms with Crippen molar-refractivity contribution < 1.29 is 18.0 Å². The number of rotatable bonds is 5. The molecule has 3 rings (SSSR count). The highest BCUT2D eigenvalue weighted by molar-refractivity contribution is 7.89. The van der Waals surface area contributed by atoms with Crippen LogP contribution in [0.25, 0.3) is 0 Å². The van der Waals surface area contributed by atoms with Gasteiger partial charge in [0.05, 0.1) is 4.90 Å². The van der Waals surface area contributed by atoms with Crippen LogP contribution in [-0.4, -0.2) is 37.6 Å². The van der Waals surface area contributed by atoms with Gasteiger partial charge in [0.2, 0.25) is 15.9 Å². The maximum atomic E-state index is 12.9. The first-order valence-electron chi connectivity index (χ1n) is 9.07. The summed E-state index contributed by atoms with van der Waals surface area (Å²) in [5, 5.41) is 5.39. The van der Waals surface area contributed by atoms with Crippen LogP contribution in [0.1, 0.15) is 35.7 Å². The smallest absolute Gasteiger partial charge is 0.255 e. The fraction of sp³-hybridized carbons (Fsp3) is 0.300. The Morgan fingerprint density at radius 1 is 0.964 bits per heavy atom. The number of hydrogen-bond donors (Lipinski definition) is 2. The molecular formula is C20H23N3O4S. The zero-order valence-corrected chi connectivity index (χ0v) is 16.7. The van der Waals surface area contributed by atoms with Crippen LogP contribution < -0.4 is 10.6 Å². The predicted molar refractivity (Wildman–Crippen MR) is 108 cm³/mol. The van der Waals surface area contributed by atoms with E-state index in [1.807, 2.05) is 0 Å². The Kier molecular flexibility index (Phi) is 5.81. The zero-order valence-electron chi connectivity index (χ0n) is 15.9. The third-order valence-electron chi connectivity index (χ3n) is 4.57. The second-order valence-corrected chi connectivity index (χ2v) is 8.71. The molecule has 0 aliphatic carbocycles. The lowest BCUT2D eigenvalue weighted by Crippen LogP contribution is -2.28. The van der Waals surface area contributed by atoms with Crippen LogP contribution >= 0.6 is 0 Å². The second kappa shape index (κ2) is 8.12. The molecule has 1 fully saturated rings. The van der Waals surface area contributed by atoms with Gasteiger partial charge < -0.3 is 10.6 Å². The Morgan fingerprint density at radius 3 is 2.25 bits per heavy atom. The van der Waals surface area contributed by atoms with Gasteiger partial charge in [0.25, 0.3) is 5.91 Å². The molecule has 1 aliphatic heterocycles. The molecule has 2 amide bonds. The van der Waals surface area contributed by atoms with Gasteiger partial charge in [-0.05, 0) is 55.7 Å². The molecule has 0 unspecified atom stereocenters. The van der Waals surface area contributed by atoms with Crippen LogP contribution in [0, 0.1) is 6.92 Å². The van der Waals surface area contributed by atoms with Crippen molar-refractivity contribution in [2.24, 2.45) is 0 Å². The molecular weight excluding hydrogens is 378 g/mol. The van der Waals surface area contributed by atoms with E-state index < -0.39 is 15.9 Å². The molecule has 2 N–H and O–H groups in total. The van der Waals surface area contributed by atoms with Crippen LogP contribution in [0.2, 0.25) is 0 Å². The first kappa shape index (κ1) is 20.0. The first-order valence-corrected chi connectivity index (χ1v) is 10.5. The lowest BCUT2D eigenvalue weighted by atomic mass is 10.1. The molecule has 8 heteroatoms. The Labute approximate surface area is 164 Å². The second-order valence-electron chi connectivity index (χ2n) is 6.81. The number of carbonyl (C=O) groups is 2. The van der Waals surface area contributed by atoms with Gasteiger partial charge in [-0.15, -0.1) is 0 Å². The average Bonchev–Trinajstić information content (AvgIpc) is 3.17. The number of benzene rings is 2. The van der Waals surface area contributed by atoms with E-state index in [9.17, 15) is 18.0 Å². The Hall–Kier alpha value is -2.71. The highest BCUT2D eigenvalue weighted by atomic mass is 32.2. The highest BCUT2D eigenvalue weighted by Gasteiger charge is 2.29. The van der Waals surface area contributed by atoms with E-state index >= 15 is 0 Å². The molecule has 2 aromatic rings. The minimum atomic E-state index is -3.61. The zero-order chi connectivity index (χ0) is 20.3. The molecule has 0 spiro atoms. The summed E-state index contributed by atoms with van der Waals surface area (Å²) < 4.78 is 27.2. The van der Waals surface area contributed by atoms with Crippen LogP contribution in [-0.2, 0) is 14.8 Å².